The summed E-state index contributed by atoms with van der Waals surface area (Å²) in [5.41, 5.74) is 3.80. The average molecular weight is 409 g/mol. The van der Waals surface area contributed by atoms with Crippen molar-refractivity contribution in [2.75, 3.05) is 18.0 Å². The molecule has 3 heterocycles. The molecule has 6 nitrogen and oxygen atoms in total. The van der Waals surface area contributed by atoms with Crippen LogP contribution in [0.4, 0.5) is 5.69 Å². The molecule has 0 aromatic heterocycles. The smallest absolute Gasteiger partial charge is 0.454 e. The van der Waals surface area contributed by atoms with Crippen molar-refractivity contribution in [2.45, 2.75) is 38.2 Å². The fourth-order valence-electron chi connectivity index (χ4n) is 4.52. The first-order chi connectivity index (χ1) is 13.9. The molecule has 1 amide bonds. The summed E-state index contributed by atoms with van der Waals surface area (Å²) in [5.74, 6) is 1.30. The zero-order valence-corrected chi connectivity index (χ0v) is 19.3. The molecule has 0 saturated heterocycles. The Labute approximate surface area is 198 Å². The van der Waals surface area contributed by atoms with Gasteiger partial charge < -0.3 is 15.0 Å². The average Bonchev–Trinajstić information content (AvgIpc) is 2.94. The van der Waals surface area contributed by atoms with E-state index in [1.54, 1.807) is 0 Å². The van der Waals surface area contributed by atoms with E-state index in [-0.39, 0.29) is 59.1 Å². The minimum Gasteiger partial charge on any atom is -0.454 e. The summed E-state index contributed by atoms with van der Waals surface area (Å²) in [5, 5.41) is 12.5. The number of esters is 1. The Morgan fingerprint density at radius 2 is 2.27 bits per heavy atom. The number of rotatable bonds is 3. The maximum Gasteiger partial charge on any atom is 1.00 e. The number of benzene rings is 1. The van der Waals surface area contributed by atoms with Crippen LogP contribution in [0.1, 0.15) is 32.3 Å². The van der Waals surface area contributed by atoms with Gasteiger partial charge in [0, 0.05) is 24.2 Å². The number of allylic oxidation sites excluding steroid dienone is 1. The normalized spacial score (nSPS) is 20.7. The Balaban J connectivity index is 0.00000256. The van der Waals surface area contributed by atoms with Gasteiger partial charge in [0.2, 0.25) is 5.91 Å². The molecule has 3 aliphatic heterocycles. The first kappa shape index (κ1) is 22.2. The Morgan fingerprint density at radius 3 is 2.97 bits per heavy atom. The van der Waals surface area contributed by atoms with Crippen LogP contribution in [-0.4, -0.2) is 31.1 Å². The second-order valence-corrected chi connectivity index (χ2v) is 7.79. The van der Waals surface area contributed by atoms with E-state index < -0.39 is 18.0 Å². The second kappa shape index (κ2) is 8.32. The molecule has 0 bridgehead atoms. The standard InChI is InChI=1S/C23H20N3O3.Na/c1-4-10-25-19(27)12-14-15(13-24)20-18(29-22(14)28)9-11-26-17-8-6-5-7-16(17)23(2,3)21(20)26;/h1,6-8,18H,9-12H2,2-3H3,(H,25,27);/q-1;+1. The topological polar surface area (TPSA) is 82.4 Å². The number of nitriles is 1. The van der Waals surface area contributed by atoms with E-state index in [1.807, 2.05) is 18.2 Å². The van der Waals surface area contributed by atoms with Crippen LogP contribution in [0, 0.1) is 29.7 Å². The van der Waals surface area contributed by atoms with Crippen molar-refractivity contribution >= 4 is 17.6 Å². The van der Waals surface area contributed by atoms with E-state index in [1.165, 1.54) is 0 Å². The van der Waals surface area contributed by atoms with Crippen molar-refractivity contribution in [3.8, 4) is 18.4 Å². The van der Waals surface area contributed by atoms with Crippen LogP contribution in [0.15, 0.2) is 40.6 Å². The van der Waals surface area contributed by atoms with E-state index in [0.717, 1.165) is 16.9 Å². The SMILES string of the molecule is C#CCNC(=O)CC1=C(C#N)C2=C3N(CCC2OC1=O)c1cc[c-]cc1C3(C)C.[Na+]. The number of fused-ring (bicyclic) bond motifs is 4. The molecule has 1 unspecified atom stereocenters. The van der Waals surface area contributed by atoms with Gasteiger partial charge in [-0.25, -0.2) is 4.79 Å². The maximum atomic E-state index is 12.6. The molecule has 0 saturated carbocycles. The monoisotopic (exact) mass is 409 g/mol. The Kier molecular flexibility index (Phi) is 6.15. The summed E-state index contributed by atoms with van der Waals surface area (Å²) in [6.45, 7) is 4.93. The van der Waals surface area contributed by atoms with Crippen molar-refractivity contribution in [1.82, 2.24) is 5.32 Å². The second-order valence-electron chi connectivity index (χ2n) is 7.79. The van der Waals surface area contributed by atoms with E-state index in [2.05, 4.69) is 42.1 Å². The van der Waals surface area contributed by atoms with Crippen molar-refractivity contribution < 1.29 is 43.9 Å². The first-order valence-electron chi connectivity index (χ1n) is 9.47. The summed E-state index contributed by atoms with van der Waals surface area (Å²) >= 11 is 0. The van der Waals surface area contributed by atoms with Gasteiger partial charge in [0.05, 0.1) is 24.1 Å². The predicted octanol–water partition coefficient (Wildman–Crippen LogP) is -0.869. The molecule has 1 aromatic rings. The summed E-state index contributed by atoms with van der Waals surface area (Å²) in [6.07, 6.45) is 5.03. The molecule has 146 valence electrons. The van der Waals surface area contributed by atoms with Gasteiger partial charge >= 0.3 is 35.5 Å². The van der Waals surface area contributed by atoms with Crippen LogP contribution in [0.25, 0.3) is 0 Å². The molecule has 1 aromatic carbocycles. The number of nitrogens with zero attached hydrogens (tertiary/aromatic N) is 2. The molecule has 1 atom stereocenters. The van der Waals surface area contributed by atoms with Gasteiger partial charge in [0.25, 0.3) is 0 Å². The van der Waals surface area contributed by atoms with Gasteiger partial charge in [-0.15, -0.1) is 18.1 Å². The van der Waals surface area contributed by atoms with E-state index in [4.69, 9.17) is 11.2 Å². The van der Waals surface area contributed by atoms with Gasteiger partial charge in [0.15, 0.2) is 0 Å². The third-order valence-corrected chi connectivity index (χ3v) is 5.76. The van der Waals surface area contributed by atoms with Crippen LogP contribution in [-0.2, 0) is 19.7 Å². The molecular formula is C23H20N3NaO3. The third kappa shape index (κ3) is 3.36. The number of carbonyl (C=O) groups excluding carboxylic acids is 2. The Morgan fingerprint density at radius 1 is 1.50 bits per heavy atom. The third-order valence-electron chi connectivity index (χ3n) is 5.76. The zero-order valence-electron chi connectivity index (χ0n) is 17.3. The molecule has 30 heavy (non-hydrogen) atoms. The summed E-state index contributed by atoms with van der Waals surface area (Å²) in [7, 11) is 0. The minimum atomic E-state index is -0.609. The largest absolute Gasteiger partial charge is 1.00 e. The molecular weight excluding hydrogens is 389 g/mol. The minimum absolute atomic E-state index is 0. The quantitative estimate of drug-likeness (QED) is 0.304. The van der Waals surface area contributed by atoms with Crippen molar-refractivity contribution in [2.24, 2.45) is 0 Å². The van der Waals surface area contributed by atoms with Gasteiger partial charge in [0.1, 0.15) is 12.2 Å². The van der Waals surface area contributed by atoms with Crippen LogP contribution in [0.5, 0.6) is 0 Å². The van der Waals surface area contributed by atoms with Gasteiger partial charge in [-0.2, -0.15) is 23.5 Å². The van der Waals surface area contributed by atoms with E-state index in [0.29, 0.717) is 18.5 Å². The zero-order chi connectivity index (χ0) is 20.8. The number of amides is 1. The predicted molar refractivity (Wildman–Crippen MR) is 106 cm³/mol. The number of nitrogens with one attached hydrogen (secondary N) is 1. The van der Waals surface area contributed by atoms with Crippen LogP contribution in [0.3, 0.4) is 0 Å². The number of terminal acetylenes is 1. The Bertz CT molecular complexity index is 1070. The Hall–Kier alpha value is -2.51. The van der Waals surface area contributed by atoms with Gasteiger partial charge in [-0.05, 0) is 5.41 Å². The number of carbonyl (C=O) groups is 2. The fourth-order valence-corrected chi connectivity index (χ4v) is 4.52. The van der Waals surface area contributed by atoms with E-state index in [9.17, 15) is 14.9 Å². The number of hydrogen-bond acceptors (Lipinski definition) is 5. The molecule has 3 aliphatic rings. The van der Waals surface area contributed by atoms with Crippen LogP contribution < -0.4 is 39.8 Å². The summed E-state index contributed by atoms with van der Waals surface area (Å²) in [4.78, 5) is 27.0. The molecule has 0 fully saturated rings. The van der Waals surface area contributed by atoms with Crippen LogP contribution >= 0.6 is 0 Å². The molecule has 1 N–H and O–H groups in total. The first-order valence-corrected chi connectivity index (χ1v) is 9.47. The number of anilines is 1. The number of hydrogen-bond donors (Lipinski definition) is 1. The molecule has 7 heteroatoms. The molecule has 0 aliphatic carbocycles. The van der Waals surface area contributed by atoms with Gasteiger partial charge in [-0.1, -0.05) is 25.5 Å². The van der Waals surface area contributed by atoms with Gasteiger partial charge in [-0.3, -0.25) is 4.79 Å². The summed E-state index contributed by atoms with van der Waals surface area (Å²) in [6, 6.07) is 11.2. The van der Waals surface area contributed by atoms with Crippen molar-refractivity contribution in [3.05, 3.63) is 52.2 Å². The maximum absolute atomic E-state index is 12.6. The van der Waals surface area contributed by atoms with Crippen molar-refractivity contribution in [1.29, 1.82) is 5.26 Å². The number of ether oxygens (including phenoxy) is 1. The summed E-state index contributed by atoms with van der Waals surface area (Å²) < 4.78 is 5.68. The molecule has 4 rings (SSSR count). The van der Waals surface area contributed by atoms with Crippen molar-refractivity contribution in [3.63, 3.8) is 0 Å². The molecule has 0 spiro atoms. The van der Waals surface area contributed by atoms with E-state index >= 15 is 0 Å². The fraction of sp³-hybridized carbons (Fsp3) is 0.348. The molecule has 0 radical (unpaired) electrons. The van der Waals surface area contributed by atoms with Crippen LogP contribution in [0.2, 0.25) is 0 Å².